The molecule has 0 aliphatic heterocycles. The second kappa shape index (κ2) is 7.38. The van der Waals surface area contributed by atoms with Gasteiger partial charge in [-0.15, -0.1) is 0 Å². The van der Waals surface area contributed by atoms with Crippen LogP contribution in [0.2, 0.25) is 10.0 Å². The van der Waals surface area contributed by atoms with E-state index >= 15 is 0 Å². The molecule has 2 nitrogen and oxygen atoms in total. The third-order valence-electron chi connectivity index (χ3n) is 2.48. The molecule has 0 saturated carbocycles. The molecule has 0 heterocycles. The second-order valence-electron chi connectivity index (χ2n) is 4.62. The summed E-state index contributed by atoms with van der Waals surface area (Å²) in [4.78, 5) is 0. The van der Waals surface area contributed by atoms with Crippen LogP contribution in [0, 0.1) is 0 Å². The Hall–Kier alpha value is -0.650. The zero-order valence-electron chi connectivity index (χ0n) is 10.9. The van der Waals surface area contributed by atoms with E-state index in [9.17, 15) is 13.2 Å². The van der Waals surface area contributed by atoms with Gasteiger partial charge in [0.1, 0.15) is 5.75 Å². The molecule has 1 aromatic rings. The van der Waals surface area contributed by atoms with Crippen molar-refractivity contribution in [3.63, 3.8) is 0 Å². The summed E-state index contributed by atoms with van der Waals surface area (Å²) in [5.41, 5.74) is 6.41. The van der Waals surface area contributed by atoms with Crippen molar-refractivity contribution < 1.29 is 17.9 Å². The molecule has 20 heavy (non-hydrogen) atoms. The maximum Gasteiger partial charge on any atom is 0.389 e. The minimum atomic E-state index is -4.18. The molecule has 1 rings (SSSR count). The minimum Gasteiger partial charge on any atom is -0.492 e. The van der Waals surface area contributed by atoms with Crippen LogP contribution in [0.1, 0.15) is 25.3 Å². The quantitative estimate of drug-likeness (QED) is 0.774. The summed E-state index contributed by atoms with van der Waals surface area (Å²) in [6.07, 6.45) is -4.71. The standard InChI is InChI=1S/C13H16Cl2F3NO/c1-8(19)5-9-6-10(14)7-11(15)12(9)20-4-2-3-13(16,17)18/h6-8H,2-5,19H2,1H3. The van der Waals surface area contributed by atoms with Gasteiger partial charge in [0, 0.05) is 17.5 Å². The van der Waals surface area contributed by atoms with Gasteiger partial charge < -0.3 is 10.5 Å². The van der Waals surface area contributed by atoms with Gasteiger partial charge in [-0.05, 0) is 37.5 Å². The molecule has 0 aliphatic rings. The first kappa shape index (κ1) is 17.4. The van der Waals surface area contributed by atoms with Gasteiger partial charge >= 0.3 is 6.18 Å². The number of ether oxygens (including phenoxy) is 1. The Bertz CT molecular complexity index is 450. The van der Waals surface area contributed by atoms with E-state index in [0.717, 1.165) is 0 Å². The Balaban J connectivity index is 2.72. The van der Waals surface area contributed by atoms with Crippen LogP contribution in [0.25, 0.3) is 0 Å². The van der Waals surface area contributed by atoms with Gasteiger partial charge in [0.2, 0.25) is 0 Å². The molecule has 1 aromatic carbocycles. The molecule has 0 aromatic heterocycles. The third-order valence-corrected chi connectivity index (χ3v) is 2.98. The Labute approximate surface area is 126 Å². The van der Waals surface area contributed by atoms with Crippen LogP contribution in [0.15, 0.2) is 12.1 Å². The first-order chi connectivity index (χ1) is 9.19. The highest BCUT2D eigenvalue weighted by Gasteiger charge is 2.26. The van der Waals surface area contributed by atoms with Crippen molar-refractivity contribution in [3.8, 4) is 5.75 Å². The lowest BCUT2D eigenvalue weighted by atomic mass is 10.1. The normalized spacial score (nSPS) is 13.3. The van der Waals surface area contributed by atoms with Crippen LogP contribution in [-0.2, 0) is 6.42 Å². The van der Waals surface area contributed by atoms with Crippen LogP contribution in [0.5, 0.6) is 5.75 Å². The van der Waals surface area contributed by atoms with E-state index in [4.69, 9.17) is 33.7 Å². The first-order valence-corrected chi connectivity index (χ1v) is 6.87. The Kier molecular flexibility index (Phi) is 6.43. The van der Waals surface area contributed by atoms with Gasteiger partial charge in [0.15, 0.2) is 0 Å². The Morgan fingerprint density at radius 1 is 1.30 bits per heavy atom. The van der Waals surface area contributed by atoms with Gasteiger partial charge in [0.05, 0.1) is 11.6 Å². The average molecular weight is 330 g/mol. The van der Waals surface area contributed by atoms with E-state index in [2.05, 4.69) is 0 Å². The fraction of sp³-hybridized carbons (Fsp3) is 0.538. The van der Waals surface area contributed by atoms with Gasteiger partial charge in [-0.1, -0.05) is 23.2 Å². The SMILES string of the molecule is CC(N)Cc1cc(Cl)cc(Cl)c1OCCCC(F)(F)F. The highest BCUT2D eigenvalue weighted by atomic mass is 35.5. The van der Waals surface area contributed by atoms with Crippen LogP contribution in [0.4, 0.5) is 13.2 Å². The van der Waals surface area contributed by atoms with Crippen molar-refractivity contribution >= 4 is 23.2 Å². The molecule has 0 amide bonds. The fourth-order valence-electron chi connectivity index (χ4n) is 1.72. The lowest BCUT2D eigenvalue weighted by molar-refractivity contribution is -0.136. The van der Waals surface area contributed by atoms with Crippen LogP contribution in [-0.4, -0.2) is 18.8 Å². The van der Waals surface area contributed by atoms with Crippen LogP contribution in [0.3, 0.4) is 0 Å². The summed E-state index contributed by atoms with van der Waals surface area (Å²) >= 11 is 11.9. The molecule has 0 bridgehead atoms. The van der Waals surface area contributed by atoms with Crippen molar-refractivity contribution in [2.45, 2.75) is 38.4 Å². The summed E-state index contributed by atoms with van der Waals surface area (Å²) in [7, 11) is 0. The van der Waals surface area contributed by atoms with E-state index in [1.807, 2.05) is 6.92 Å². The number of hydrogen-bond acceptors (Lipinski definition) is 2. The molecule has 7 heteroatoms. The van der Waals surface area contributed by atoms with E-state index in [0.29, 0.717) is 22.8 Å². The van der Waals surface area contributed by atoms with Crippen molar-refractivity contribution in [1.29, 1.82) is 0 Å². The molecular formula is C13H16Cl2F3NO. The number of rotatable bonds is 6. The molecule has 0 spiro atoms. The molecular weight excluding hydrogens is 314 g/mol. The number of nitrogens with two attached hydrogens (primary N) is 1. The van der Waals surface area contributed by atoms with E-state index in [-0.39, 0.29) is 24.1 Å². The van der Waals surface area contributed by atoms with Crippen LogP contribution >= 0.6 is 23.2 Å². The predicted octanol–water partition coefficient (Wildman–Crippen LogP) is 4.60. The van der Waals surface area contributed by atoms with Gasteiger partial charge in [-0.2, -0.15) is 13.2 Å². The summed E-state index contributed by atoms with van der Waals surface area (Å²) in [5.74, 6) is 0.357. The maximum absolute atomic E-state index is 12.0. The molecule has 0 radical (unpaired) electrons. The molecule has 1 unspecified atom stereocenters. The zero-order valence-corrected chi connectivity index (χ0v) is 12.4. The minimum absolute atomic E-state index is 0.0627. The molecule has 114 valence electrons. The van der Waals surface area contributed by atoms with Crippen molar-refractivity contribution in [2.75, 3.05) is 6.61 Å². The number of halogens is 5. The Morgan fingerprint density at radius 3 is 2.50 bits per heavy atom. The molecule has 2 N–H and O–H groups in total. The third kappa shape index (κ3) is 6.20. The largest absolute Gasteiger partial charge is 0.492 e. The second-order valence-corrected chi connectivity index (χ2v) is 5.47. The highest BCUT2D eigenvalue weighted by Crippen LogP contribution is 2.33. The summed E-state index contributed by atoms with van der Waals surface area (Å²) < 4.78 is 41.5. The van der Waals surface area contributed by atoms with Gasteiger partial charge in [0.25, 0.3) is 0 Å². The Morgan fingerprint density at radius 2 is 1.95 bits per heavy atom. The van der Waals surface area contributed by atoms with Gasteiger partial charge in [-0.25, -0.2) is 0 Å². The van der Waals surface area contributed by atoms with Gasteiger partial charge in [-0.3, -0.25) is 0 Å². The molecule has 1 atom stereocenters. The summed E-state index contributed by atoms with van der Waals surface area (Å²) in [6, 6.07) is 3.02. The zero-order chi connectivity index (χ0) is 15.3. The van der Waals surface area contributed by atoms with Crippen molar-refractivity contribution in [1.82, 2.24) is 0 Å². The number of benzene rings is 1. The number of hydrogen-bond donors (Lipinski definition) is 1. The van der Waals surface area contributed by atoms with E-state index in [1.54, 1.807) is 6.07 Å². The molecule has 0 aliphatic carbocycles. The predicted molar refractivity (Wildman–Crippen MR) is 74.6 cm³/mol. The molecule has 0 fully saturated rings. The monoisotopic (exact) mass is 329 g/mol. The summed E-state index contributed by atoms with van der Waals surface area (Å²) in [5, 5.41) is 0.716. The van der Waals surface area contributed by atoms with Crippen molar-refractivity contribution in [3.05, 3.63) is 27.7 Å². The molecule has 0 saturated heterocycles. The lowest BCUT2D eigenvalue weighted by Crippen LogP contribution is -2.18. The smallest absolute Gasteiger partial charge is 0.389 e. The maximum atomic E-state index is 12.0. The number of alkyl halides is 3. The van der Waals surface area contributed by atoms with E-state index < -0.39 is 12.6 Å². The first-order valence-electron chi connectivity index (χ1n) is 6.12. The fourth-order valence-corrected chi connectivity index (χ4v) is 2.31. The highest BCUT2D eigenvalue weighted by molar-refractivity contribution is 6.35. The lowest BCUT2D eigenvalue weighted by Gasteiger charge is -2.15. The average Bonchev–Trinajstić information content (AvgIpc) is 2.24. The van der Waals surface area contributed by atoms with Crippen LogP contribution < -0.4 is 10.5 Å². The van der Waals surface area contributed by atoms with E-state index in [1.165, 1.54) is 6.07 Å². The van der Waals surface area contributed by atoms with Crippen molar-refractivity contribution in [2.24, 2.45) is 5.73 Å². The topological polar surface area (TPSA) is 35.2 Å². The summed E-state index contributed by atoms with van der Waals surface area (Å²) in [6.45, 7) is 1.75.